The van der Waals surface area contributed by atoms with Gasteiger partial charge in [0.15, 0.2) is 0 Å². The van der Waals surface area contributed by atoms with Gasteiger partial charge in [0.2, 0.25) is 0 Å². The Morgan fingerprint density at radius 2 is 1.67 bits per heavy atom. The fourth-order valence-electron chi connectivity index (χ4n) is 1.91. The summed E-state index contributed by atoms with van der Waals surface area (Å²) in [5, 5.41) is 3.54. The van der Waals surface area contributed by atoms with Crippen LogP contribution >= 0.6 is 0 Å². The predicted molar refractivity (Wildman–Crippen MR) is 69.3 cm³/mol. The van der Waals surface area contributed by atoms with Crippen LogP contribution in [0.2, 0.25) is 0 Å². The van der Waals surface area contributed by atoms with Crippen LogP contribution in [0.25, 0.3) is 0 Å². The van der Waals surface area contributed by atoms with Gasteiger partial charge in [-0.05, 0) is 18.9 Å². The molecule has 0 aliphatic rings. The Bertz CT molecular complexity index is 143. The molecule has 15 heavy (non-hydrogen) atoms. The van der Waals surface area contributed by atoms with E-state index in [2.05, 4.69) is 51.8 Å². The van der Waals surface area contributed by atoms with Gasteiger partial charge in [0.25, 0.3) is 0 Å². The number of nitrogens with one attached hydrogen (secondary N) is 1. The molecule has 0 fully saturated rings. The lowest BCUT2D eigenvalue weighted by Gasteiger charge is -2.32. The number of nitrogens with zero attached hydrogens (tertiary/aromatic N) is 1. The van der Waals surface area contributed by atoms with Gasteiger partial charge in [-0.3, -0.25) is 4.90 Å². The molecule has 2 heteroatoms. The monoisotopic (exact) mass is 214 g/mol. The molecular formula is C13H30N2. The van der Waals surface area contributed by atoms with Crippen molar-refractivity contribution in [2.24, 2.45) is 5.92 Å². The third-order valence-electron chi connectivity index (χ3n) is 2.76. The maximum absolute atomic E-state index is 3.54. The highest BCUT2D eigenvalue weighted by atomic mass is 15.2. The second-order valence-electron chi connectivity index (χ2n) is 5.11. The molecule has 1 unspecified atom stereocenters. The van der Waals surface area contributed by atoms with Gasteiger partial charge in [-0.2, -0.15) is 0 Å². The Morgan fingerprint density at radius 3 is 2.00 bits per heavy atom. The first-order valence-electron chi connectivity index (χ1n) is 6.48. The minimum atomic E-state index is 0.594. The van der Waals surface area contributed by atoms with Crippen LogP contribution < -0.4 is 5.32 Å². The second-order valence-corrected chi connectivity index (χ2v) is 5.11. The largest absolute Gasteiger partial charge is 0.313 e. The zero-order valence-electron chi connectivity index (χ0n) is 11.5. The van der Waals surface area contributed by atoms with Crippen LogP contribution in [0.3, 0.4) is 0 Å². The van der Waals surface area contributed by atoms with Crippen LogP contribution in [0.1, 0.15) is 48.0 Å². The van der Waals surface area contributed by atoms with E-state index in [1.165, 1.54) is 13.0 Å². The van der Waals surface area contributed by atoms with Gasteiger partial charge in [0, 0.05) is 25.2 Å². The third-order valence-corrected chi connectivity index (χ3v) is 2.76. The minimum Gasteiger partial charge on any atom is -0.313 e. The lowest BCUT2D eigenvalue weighted by Crippen LogP contribution is -2.45. The van der Waals surface area contributed by atoms with Gasteiger partial charge in [0.1, 0.15) is 0 Å². The van der Waals surface area contributed by atoms with Crippen molar-refractivity contribution in [3.63, 3.8) is 0 Å². The number of hydrogen-bond acceptors (Lipinski definition) is 2. The summed E-state index contributed by atoms with van der Waals surface area (Å²) in [6.45, 7) is 17.1. The molecule has 0 aromatic carbocycles. The number of rotatable bonds is 8. The molecule has 92 valence electrons. The average Bonchev–Trinajstić information content (AvgIpc) is 2.15. The molecule has 0 amide bonds. The molecule has 0 aromatic heterocycles. The summed E-state index contributed by atoms with van der Waals surface area (Å²) < 4.78 is 0. The summed E-state index contributed by atoms with van der Waals surface area (Å²) in [4.78, 5) is 2.60. The van der Waals surface area contributed by atoms with Crippen molar-refractivity contribution in [3.05, 3.63) is 0 Å². The van der Waals surface area contributed by atoms with Crippen LogP contribution in [0.4, 0.5) is 0 Å². The average molecular weight is 214 g/mol. The van der Waals surface area contributed by atoms with Crippen molar-refractivity contribution in [2.75, 3.05) is 19.6 Å². The maximum Gasteiger partial charge on any atom is 0.0218 e. The molecule has 0 aliphatic heterocycles. The smallest absolute Gasteiger partial charge is 0.0218 e. The molecular weight excluding hydrogens is 184 g/mol. The molecule has 0 bridgehead atoms. The first kappa shape index (κ1) is 14.9. The van der Waals surface area contributed by atoms with E-state index < -0.39 is 0 Å². The Balaban J connectivity index is 4.08. The summed E-state index contributed by atoms with van der Waals surface area (Å²) >= 11 is 0. The van der Waals surface area contributed by atoms with Gasteiger partial charge in [0.05, 0.1) is 0 Å². The zero-order chi connectivity index (χ0) is 11.8. The highest BCUT2D eigenvalue weighted by molar-refractivity contribution is 4.73. The molecule has 1 atom stereocenters. The Kier molecular flexibility index (Phi) is 8.07. The molecule has 0 aliphatic carbocycles. The first-order chi connectivity index (χ1) is 7.01. The van der Waals surface area contributed by atoms with Crippen molar-refractivity contribution >= 4 is 0 Å². The molecule has 0 heterocycles. The van der Waals surface area contributed by atoms with Crippen molar-refractivity contribution in [1.82, 2.24) is 10.2 Å². The van der Waals surface area contributed by atoms with E-state index in [0.717, 1.165) is 19.0 Å². The summed E-state index contributed by atoms with van der Waals surface area (Å²) in [6, 6.07) is 1.29. The summed E-state index contributed by atoms with van der Waals surface area (Å²) in [5.41, 5.74) is 0. The van der Waals surface area contributed by atoms with Crippen molar-refractivity contribution in [3.8, 4) is 0 Å². The SMILES string of the molecule is CCC(CNC(C)C)N(CC)CC(C)C. The standard InChI is InChI=1S/C13H30N2/c1-7-13(9-14-12(5)6)15(8-2)10-11(3)4/h11-14H,7-10H2,1-6H3. The van der Waals surface area contributed by atoms with E-state index >= 15 is 0 Å². The zero-order valence-corrected chi connectivity index (χ0v) is 11.5. The molecule has 0 radical (unpaired) electrons. The van der Waals surface area contributed by atoms with Gasteiger partial charge < -0.3 is 5.32 Å². The summed E-state index contributed by atoms with van der Waals surface area (Å²) in [5.74, 6) is 0.762. The predicted octanol–water partition coefficient (Wildman–Crippen LogP) is 2.74. The van der Waals surface area contributed by atoms with Crippen LogP contribution in [0, 0.1) is 5.92 Å². The van der Waals surface area contributed by atoms with Gasteiger partial charge in [-0.15, -0.1) is 0 Å². The van der Waals surface area contributed by atoms with E-state index in [1.807, 2.05) is 0 Å². The van der Waals surface area contributed by atoms with E-state index in [1.54, 1.807) is 0 Å². The first-order valence-corrected chi connectivity index (χ1v) is 6.48. The quantitative estimate of drug-likeness (QED) is 0.668. The molecule has 0 saturated carbocycles. The summed E-state index contributed by atoms with van der Waals surface area (Å²) in [7, 11) is 0. The van der Waals surface area contributed by atoms with E-state index in [-0.39, 0.29) is 0 Å². The van der Waals surface area contributed by atoms with Crippen LogP contribution in [-0.4, -0.2) is 36.6 Å². The Hall–Kier alpha value is -0.0800. The molecule has 2 nitrogen and oxygen atoms in total. The van der Waals surface area contributed by atoms with E-state index in [9.17, 15) is 0 Å². The molecule has 0 aromatic rings. The van der Waals surface area contributed by atoms with Gasteiger partial charge >= 0.3 is 0 Å². The summed E-state index contributed by atoms with van der Waals surface area (Å²) in [6.07, 6.45) is 1.24. The van der Waals surface area contributed by atoms with E-state index in [4.69, 9.17) is 0 Å². The van der Waals surface area contributed by atoms with Crippen molar-refractivity contribution in [2.45, 2.75) is 60.0 Å². The lowest BCUT2D eigenvalue weighted by molar-refractivity contribution is 0.173. The van der Waals surface area contributed by atoms with Crippen LogP contribution in [-0.2, 0) is 0 Å². The third kappa shape index (κ3) is 6.91. The molecule has 1 N–H and O–H groups in total. The second kappa shape index (κ2) is 8.12. The highest BCUT2D eigenvalue weighted by Crippen LogP contribution is 2.07. The Labute approximate surface area is 96.4 Å². The van der Waals surface area contributed by atoms with Crippen LogP contribution in [0.15, 0.2) is 0 Å². The van der Waals surface area contributed by atoms with Gasteiger partial charge in [-0.25, -0.2) is 0 Å². The van der Waals surface area contributed by atoms with Gasteiger partial charge in [-0.1, -0.05) is 41.5 Å². The highest BCUT2D eigenvalue weighted by Gasteiger charge is 2.15. The fourth-order valence-corrected chi connectivity index (χ4v) is 1.91. The van der Waals surface area contributed by atoms with Crippen LogP contribution in [0.5, 0.6) is 0 Å². The van der Waals surface area contributed by atoms with Crippen molar-refractivity contribution in [1.29, 1.82) is 0 Å². The van der Waals surface area contributed by atoms with E-state index in [0.29, 0.717) is 12.1 Å². The fraction of sp³-hybridized carbons (Fsp3) is 1.00. The number of hydrogen-bond donors (Lipinski definition) is 1. The Morgan fingerprint density at radius 1 is 1.07 bits per heavy atom. The number of likely N-dealkylation sites (N-methyl/N-ethyl adjacent to an activating group) is 1. The maximum atomic E-state index is 3.54. The lowest BCUT2D eigenvalue weighted by atomic mass is 10.1. The topological polar surface area (TPSA) is 15.3 Å². The minimum absolute atomic E-state index is 0.594. The molecule has 0 saturated heterocycles. The molecule has 0 rings (SSSR count). The molecule has 0 spiro atoms. The van der Waals surface area contributed by atoms with Crippen molar-refractivity contribution < 1.29 is 0 Å². The normalized spacial score (nSPS) is 14.2.